The van der Waals surface area contributed by atoms with Crippen molar-refractivity contribution in [2.24, 2.45) is 40.9 Å². The average molecular weight is 320 g/mol. The van der Waals surface area contributed by atoms with E-state index in [-0.39, 0.29) is 17.1 Å². The van der Waals surface area contributed by atoms with Crippen LogP contribution in [-0.2, 0) is 0 Å². The van der Waals surface area contributed by atoms with Gasteiger partial charge in [-0.2, -0.15) is 0 Å². The number of amides is 1. The van der Waals surface area contributed by atoms with E-state index in [0.717, 1.165) is 35.5 Å². The first kappa shape index (κ1) is 14.4. The van der Waals surface area contributed by atoms with Crippen LogP contribution in [0.25, 0.3) is 0 Å². The van der Waals surface area contributed by atoms with Gasteiger partial charge in [-0.1, -0.05) is 32.4 Å². The van der Waals surface area contributed by atoms with E-state index in [1.54, 1.807) is 6.07 Å². The monoisotopic (exact) mass is 319 g/mol. The van der Waals surface area contributed by atoms with Gasteiger partial charge in [-0.25, -0.2) is 0 Å². The van der Waals surface area contributed by atoms with Crippen LogP contribution in [0.5, 0.6) is 5.75 Å². The largest absolute Gasteiger partial charge is 0.508 e. The fourth-order valence-electron chi connectivity index (χ4n) is 6.24. The first-order valence-corrected chi connectivity index (χ1v) is 8.51. The van der Waals surface area contributed by atoms with E-state index in [1.807, 2.05) is 0 Å². The molecular formula is C18H22ClNO2. The van der Waals surface area contributed by atoms with Gasteiger partial charge in [0.2, 0.25) is 0 Å². The second-order valence-electron chi connectivity index (χ2n) is 7.78. The molecule has 0 spiro atoms. The van der Waals surface area contributed by atoms with Gasteiger partial charge in [-0.15, -0.1) is 0 Å². The molecule has 118 valence electrons. The second kappa shape index (κ2) is 4.41. The number of hydrogen-bond acceptors (Lipinski definition) is 2. The molecule has 1 amide bonds. The molecule has 0 aliphatic heterocycles. The molecule has 0 radical (unpaired) electrons. The summed E-state index contributed by atoms with van der Waals surface area (Å²) in [4.78, 5) is 12.4. The lowest BCUT2D eigenvalue weighted by atomic mass is 9.21. The van der Waals surface area contributed by atoms with Crippen LogP contribution in [0, 0.1) is 40.9 Å². The first-order valence-electron chi connectivity index (χ1n) is 8.13. The number of carbonyl (C=O) groups excluding carboxylic acids is 1. The van der Waals surface area contributed by atoms with E-state index in [2.05, 4.69) is 26.1 Å². The lowest BCUT2D eigenvalue weighted by molar-refractivity contribution is -0.366. The zero-order valence-electron chi connectivity index (χ0n) is 13.1. The molecular weight excluding hydrogens is 298 g/mol. The number of phenolic OH excluding ortho intramolecular Hbond substituents is 1. The van der Waals surface area contributed by atoms with Gasteiger partial charge in [-0.3, -0.25) is 4.79 Å². The molecule has 22 heavy (non-hydrogen) atoms. The number of phenols is 1. The maximum Gasteiger partial charge on any atom is 0.252 e. The molecule has 0 heterocycles. The van der Waals surface area contributed by atoms with E-state index < -0.39 is 0 Å². The van der Waals surface area contributed by atoms with Gasteiger partial charge in [0.15, 0.2) is 0 Å². The first-order chi connectivity index (χ1) is 10.4. The van der Waals surface area contributed by atoms with E-state index in [0.29, 0.717) is 17.1 Å². The quantitative estimate of drug-likeness (QED) is 0.895. The van der Waals surface area contributed by atoms with Crippen molar-refractivity contribution in [2.75, 3.05) is 6.54 Å². The van der Waals surface area contributed by atoms with Crippen molar-refractivity contribution in [3.63, 3.8) is 0 Å². The summed E-state index contributed by atoms with van der Waals surface area (Å²) in [6.07, 6.45) is 0. The number of hydrogen-bond donors (Lipinski definition) is 2. The topological polar surface area (TPSA) is 49.3 Å². The SMILES string of the molecule is CC1C2C(C)C3C2C1C3(C)CNC(=O)c1cc(O)ccc1Cl. The molecule has 3 nitrogen and oxygen atoms in total. The summed E-state index contributed by atoms with van der Waals surface area (Å²) < 4.78 is 0. The lowest BCUT2D eigenvalue weighted by Crippen LogP contribution is -2.82. The van der Waals surface area contributed by atoms with Crippen LogP contribution >= 0.6 is 11.6 Å². The molecule has 4 heteroatoms. The Hall–Kier alpha value is -1.22. The van der Waals surface area contributed by atoms with E-state index in [4.69, 9.17) is 11.6 Å². The van der Waals surface area contributed by atoms with Crippen molar-refractivity contribution in [1.82, 2.24) is 5.32 Å². The molecule has 3 aliphatic rings. The highest BCUT2D eigenvalue weighted by molar-refractivity contribution is 6.33. The van der Waals surface area contributed by atoms with E-state index in [9.17, 15) is 9.90 Å². The Bertz CT molecular complexity index is 630. The minimum atomic E-state index is -0.193. The highest BCUT2D eigenvalue weighted by Crippen LogP contribution is 2.82. The van der Waals surface area contributed by atoms with Crippen LogP contribution in [0.3, 0.4) is 0 Å². The summed E-state index contributed by atoms with van der Waals surface area (Å²) in [7, 11) is 0. The summed E-state index contributed by atoms with van der Waals surface area (Å²) in [6, 6.07) is 4.47. The molecule has 0 saturated heterocycles. The van der Waals surface area contributed by atoms with Gasteiger partial charge in [0, 0.05) is 6.54 Å². The number of benzene rings is 1. The Morgan fingerprint density at radius 1 is 1.27 bits per heavy atom. The van der Waals surface area contributed by atoms with Crippen molar-refractivity contribution >= 4 is 17.5 Å². The van der Waals surface area contributed by atoms with Gasteiger partial charge in [-0.05, 0) is 59.1 Å². The Balaban J connectivity index is 1.47. The Morgan fingerprint density at radius 2 is 1.91 bits per heavy atom. The summed E-state index contributed by atoms with van der Waals surface area (Å²) in [5, 5.41) is 13.0. The summed E-state index contributed by atoms with van der Waals surface area (Å²) in [5.74, 6) is 4.81. The zero-order valence-corrected chi connectivity index (χ0v) is 13.9. The molecule has 1 aromatic rings. The minimum absolute atomic E-state index is 0.0625. The number of rotatable bonds is 3. The zero-order chi connectivity index (χ0) is 15.8. The molecule has 0 bridgehead atoms. The fourth-order valence-corrected chi connectivity index (χ4v) is 6.45. The predicted octanol–water partition coefficient (Wildman–Crippen LogP) is 3.56. The molecule has 2 N–H and O–H groups in total. The standard InChI is InChI=1S/C18H22ClNO2/c1-8-13-9(2)16-14(13)15(8)18(16,3)7-20-17(22)11-6-10(21)4-5-12(11)19/h4-6,8-9,13-16,21H,7H2,1-3H3,(H,20,22). The fraction of sp³-hybridized carbons (Fsp3) is 0.611. The van der Waals surface area contributed by atoms with Crippen LogP contribution in [0.2, 0.25) is 5.02 Å². The molecule has 4 rings (SSSR count). The van der Waals surface area contributed by atoms with Gasteiger partial charge in [0.1, 0.15) is 5.75 Å². The van der Waals surface area contributed by atoms with E-state index in [1.165, 1.54) is 12.1 Å². The lowest BCUT2D eigenvalue weighted by Gasteiger charge is -2.84. The van der Waals surface area contributed by atoms with Crippen molar-refractivity contribution < 1.29 is 9.90 Å². The highest BCUT2D eigenvalue weighted by atomic mass is 35.5. The molecule has 4 unspecified atom stereocenters. The smallest absolute Gasteiger partial charge is 0.252 e. The summed E-state index contributed by atoms with van der Waals surface area (Å²) in [5.41, 5.74) is 0.569. The predicted molar refractivity (Wildman–Crippen MR) is 85.8 cm³/mol. The van der Waals surface area contributed by atoms with Crippen LogP contribution in [0.15, 0.2) is 18.2 Å². The number of nitrogens with one attached hydrogen (secondary N) is 1. The van der Waals surface area contributed by atoms with Crippen LogP contribution < -0.4 is 5.32 Å². The number of aromatic hydroxyl groups is 1. The van der Waals surface area contributed by atoms with Crippen LogP contribution in [-0.4, -0.2) is 17.6 Å². The van der Waals surface area contributed by atoms with Crippen molar-refractivity contribution in [1.29, 1.82) is 0 Å². The Labute approximate surface area is 136 Å². The molecule has 3 aliphatic carbocycles. The van der Waals surface area contributed by atoms with Gasteiger partial charge < -0.3 is 10.4 Å². The summed E-state index contributed by atoms with van der Waals surface area (Å²) in [6.45, 7) is 7.75. The van der Waals surface area contributed by atoms with Crippen LogP contribution in [0.4, 0.5) is 0 Å². The van der Waals surface area contributed by atoms with Gasteiger partial charge in [0.25, 0.3) is 5.91 Å². The van der Waals surface area contributed by atoms with Gasteiger partial charge in [0.05, 0.1) is 10.6 Å². The normalized spacial score (nSPS) is 44.2. The Kier molecular flexibility index (Phi) is 2.88. The number of halogens is 1. The molecule has 1 aromatic carbocycles. The molecule has 3 saturated carbocycles. The van der Waals surface area contributed by atoms with Crippen LogP contribution in [0.1, 0.15) is 31.1 Å². The molecule has 3 fully saturated rings. The third kappa shape index (κ3) is 1.56. The van der Waals surface area contributed by atoms with Crippen molar-refractivity contribution in [3.8, 4) is 5.75 Å². The molecule has 4 atom stereocenters. The minimum Gasteiger partial charge on any atom is -0.508 e. The van der Waals surface area contributed by atoms with Crippen molar-refractivity contribution in [3.05, 3.63) is 28.8 Å². The maximum atomic E-state index is 12.4. The number of carbonyl (C=O) groups is 1. The average Bonchev–Trinajstić information content (AvgIpc) is 2.44. The van der Waals surface area contributed by atoms with Crippen molar-refractivity contribution in [2.45, 2.75) is 20.8 Å². The third-order valence-electron chi connectivity index (χ3n) is 6.97. The molecule has 0 aromatic heterocycles. The third-order valence-corrected chi connectivity index (χ3v) is 7.30. The Morgan fingerprint density at radius 3 is 2.50 bits per heavy atom. The summed E-state index contributed by atoms with van der Waals surface area (Å²) >= 11 is 6.06. The van der Waals surface area contributed by atoms with Gasteiger partial charge >= 0.3 is 0 Å². The maximum absolute atomic E-state index is 12.4. The van der Waals surface area contributed by atoms with E-state index >= 15 is 0 Å². The highest BCUT2D eigenvalue weighted by Gasteiger charge is 2.79. The second-order valence-corrected chi connectivity index (χ2v) is 8.18.